The summed E-state index contributed by atoms with van der Waals surface area (Å²) in [6.45, 7) is 6.27. The third kappa shape index (κ3) is 5.39. The number of amides is 1. The molecule has 0 bridgehead atoms. The number of imidazole rings is 1. The number of hydrogen-bond acceptors (Lipinski definition) is 6. The molecule has 1 aromatic carbocycles. The zero-order valence-electron chi connectivity index (χ0n) is 16.6. The molecule has 0 spiro atoms. The number of sulfonamides is 1. The monoisotopic (exact) mass is 438 g/mol. The van der Waals surface area contributed by atoms with Crippen LogP contribution in [0, 0.1) is 0 Å². The number of ether oxygens (including phenoxy) is 1. The second kappa shape index (κ2) is 9.75. The number of benzene rings is 1. The van der Waals surface area contributed by atoms with Crippen LogP contribution in [0.2, 0.25) is 0 Å². The highest BCUT2D eigenvalue weighted by atomic mass is 32.2. The number of anilines is 1. The normalized spacial score (nSPS) is 16.5. The third-order valence-electron chi connectivity index (χ3n) is 4.52. The fourth-order valence-corrected chi connectivity index (χ4v) is 5.23. The summed E-state index contributed by atoms with van der Waals surface area (Å²) >= 11 is 1.40. The SMILES string of the molecule is CCCn1ccnc1SC(C)C(=O)Nc1ccc(S(=O)(=O)N2CCOCC2)cc1. The fraction of sp³-hybridized carbons (Fsp3) is 0.474. The number of aromatic nitrogens is 2. The van der Waals surface area contributed by atoms with Crippen LogP contribution in [0.5, 0.6) is 0 Å². The molecule has 1 fully saturated rings. The minimum Gasteiger partial charge on any atom is -0.379 e. The van der Waals surface area contributed by atoms with E-state index >= 15 is 0 Å². The summed E-state index contributed by atoms with van der Waals surface area (Å²) in [6, 6.07) is 6.26. The number of rotatable bonds is 8. The molecule has 10 heteroatoms. The van der Waals surface area contributed by atoms with Crippen molar-refractivity contribution in [3.05, 3.63) is 36.7 Å². The Morgan fingerprint density at radius 3 is 2.62 bits per heavy atom. The van der Waals surface area contributed by atoms with Gasteiger partial charge in [0.15, 0.2) is 5.16 Å². The minimum absolute atomic E-state index is 0.162. The molecule has 1 saturated heterocycles. The number of carbonyl (C=O) groups excluding carboxylic acids is 1. The number of morpholine rings is 1. The maximum Gasteiger partial charge on any atom is 0.243 e. The van der Waals surface area contributed by atoms with Crippen LogP contribution in [0.4, 0.5) is 5.69 Å². The van der Waals surface area contributed by atoms with Gasteiger partial charge in [-0.3, -0.25) is 4.79 Å². The van der Waals surface area contributed by atoms with Crippen LogP contribution in [0.1, 0.15) is 20.3 Å². The third-order valence-corrected chi connectivity index (χ3v) is 7.55. The average molecular weight is 439 g/mol. The van der Waals surface area contributed by atoms with Crippen LogP contribution in [-0.4, -0.2) is 59.7 Å². The zero-order chi connectivity index (χ0) is 20.9. The lowest BCUT2D eigenvalue weighted by atomic mass is 10.3. The zero-order valence-corrected chi connectivity index (χ0v) is 18.2. The highest BCUT2D eigenvalue weighted by Crippen LogP contribution is 2.24. The van der Waals surface area contributed by atoms with E-state index in [2.05, 4.69) is 17.2 Å². The van der Waals surface area contributed by atoms with Gasteiger partial charge in [0.25, 0.3) is 0 Å². The van der Waals surface area contributed by atoms with Crippen molar-refractivity contribution in [3.63, 3.8) is 0 Å². The number of hydrogen-bond donors (Lipinski definition) is 1. The molecule has 2 heterocycles. The van der Waals surface area contributed by atoms with Crippen molar-refractivity contribution in [1.82, 2.24) is 13.9 Å². The molecule has 1 aliphatic rings. The van der Waals surface area contributed by atoms with Gasteiger partial charge in [-0.05, 0) is 37.6 Å². The van der Waals surface area contributed by atoms with Crippen molar-refractivity contribution in [3.8, 4) is 0 Å². The van der Waals surface area contributed by atoms with Crippen LogP contribution in [0.3, 0.4) is 0 Å². The van der Waals surface area contributed by atoms with E-state index in [1.165, 1.54) is 28.2 Å². The number of thioether (sulfide) groups is 1. The van der Waals surface area contributed by atoms with Gasteiger partial charge in [-0.1, -0.05) is 18.7 Å². The molecule has 29 heavy (non-hydrogen) atoms. The van der Waals surface area contributed by atoms with Crippen molar-refractivity contribution in [2.75, 3.05) is 31.6 Å². The first kappa shape index (κ1) is 21.8. The van der Waals surface area contributed by atoms with E-state index in [1.807, 2.05) is 17.7 Å². The van der Waals surface area contributed by atoms with Gasteiger partial charge in [0.2, 0.25) is 15.9 Å². The Bertz CT molecular complexity index is 922. The first-order valence-electron chi connectivity index (χ1n) is 9.58. The molecule has 0 saturated carbocycles. The number of nitrogens with zero attached hydrogens (tertiary/aromatic N) is 3. The van der Waals surface area contributed by atoms with E-state index in [4.69, 9.17) is 4.74 Å². The largest absolute Gasteiger partial charge is 0.379 e. The molecule has 0 aliphatic carbocycles. The van der Waals surface area contributed by atoms with Crippen LogP contribution in [-0.2, 0) is 26.1 Å². The average Bonchev–Trinajstić information content (AvgIpc) is 3.16. The van der Waals surface area contributed by atoms with Gasteiger partial charge >= 0.3 is 0 Å². The number of carbonyl (C=O) groups is 1. The van der Waals surface area contributed by atoms with Crippen LogP contribution in [0.25, 0.3) is 0 Å². The summed E-state index contributed by atoms with van der Waals surface area (Å²) < 4.78 is 34.0. The second-order valence-electron chi connectivity index (χ2n) is 6.69. The molecule has 1 unspecified atom stereocenters. The van der Waals surface area contributed by atoms with Gasteiger partial charge in [-0.2, -0.15) is 4.31 Å². The Kier molecular flexibility index (Phi) is 7.33. The highest BCUT2D eigenvalue weighted by Gasteiger charge is 2.26. The first-order valence-corrected chi connectivity index (χ1v) is 11.9. The van der Waals surface area contributed by atoms with E-state index < -0.39 is 10.0 Å². The predicted octanol–water partition coefficient (Wildman–Crippen LogP) is 2.43. The molecule has 1 N–H and O–H groups in total. The van der Waals surface area contributed by atoms with Crippen LogP contribution < -0.4 is 5.32 Å². The van der Waals surface area contributed by atoms with Crippen LogP contribution in [0.15, 0.2) is 46.7 Å². The lowest BCUT2D eigenvalue weighted by Crippen LogP contribution is -2.40. The Morgan fingerprint density at radius 2 is 1.97 bits per heavy atom. The van der Waals surface area contributed by atoms with E-state index in [0.717, 1.165) is 18.1 Å². The molecular weight excluding hydrogens is 412 g/mol. The maximum atomic E-state index is 12.7. The molecule has 1 amide bonds. The fourth-order valence-electron chi connectivity index (χ4n) is 2.93. The van der Waals surface area contributed by atoms with Gasteiger partial charge in [0.05, 0.1) is 23.4 Å². The molecule has 158 valence electrons. The first-order chi connectivity index (χ1) is 13.9. The van der Waals surface area contributed by atoms with Crippen molar-refractivity contribution < 1.29 is 17.9 Å². The van der Waals surface area contributed by atoms with Crippen molar-refractivity contribution in [1.29, 1.82) is 0 Å². The molecule has 0 radical (unpaired) electrons. The summed E-state index contributed by atoms with van der Waals surface area (Å²) in [7, 11) is -3.54. The van der Waals surface area contributed by atoms with Crippen LogP contribution >= 0.6 is 11.8 Å². The van der Waals surface area contributed by atoms with Crippen molar-refractivity contribution in [2.24, 2.45) is 0 Å². The quantitative estimate of drug-likeness (QED) is 0.636. The smallest absolute Gasteiger partial charge is 0.243 e. The summed E-state index contributed by atoms with van der Waals surface area (Å²) in [6.07, 6.45) is 4.63. The molecular formula is C19H26N4O4S2. The van der Waals surface area contributed by atoms with Gasteiger partial charge < -0.3 is 14.6 Å². The molecule has 8 nitrogen and oxygen atoms in total. The Hall–Kier alpha value is -1.88. The van der Waals surface area contributed by atoms with E-state index in [-0.39, 0.29) is 16.1 Å². The van der Waals surface area contributed by atoms with E-state index in [0.29, 0.717) is 32.0 Å². The van der Waals surface area contributed by atoms with Crippen molar-refractivity contribution in [2.45, 2.75) is 42.1 Å². The van der Waals surface area contributed by atoms with Gasteiger partial charge in [-0.25, -0.2) is 13.4 Å². The summed E-state index contributed by atoms with van der Waals surface area (Å²) in [5.41, 5.74) is 0.556. The molecule has 1 aliphatic heterocycles. The van der Waals surface area contributed by atoms with E-state index in [9.17, 15) is 13.2 Å². The summed E-state index contributed by atoms with van der Waals surface area (Å²) in [5.74, 6) is -0.162. The van der Waals surface area contributed by atoms with Crippen molar-refractivity contribution >= 4 is 33.4 Å². The maximum absolute atomic E-state index is 12.7. The number of aryl methyl sites for hydroxylation is 1. The molecule has 1 atom stereocenters. The van der Waals surface area contributed by atoms with E-state index in [1.54, 1.807) is 18.3 Å². The Morgan fingerprint density at radius 1 is 1.28 bits per heavy atom. The lowest BCUT2D eigenvalue weighted by molar-refractivity contribution is -0.115. The summed E-state index contributed by atoms with van der Waals surface area (Å²) in [4.78, 5) is 17.1. The highest BCUT2D eigenvalue weighted by molar-refractivity contribution is 8.00. The molecule has 1 aromatic heterocycles. The minimum atomic E-state index is -3.54. The lowest BCUT2D eigenvalue weighted by Gasteiger charge is -2.26. The Labute approximate surface area is 175 Å². The molecule has 3 rings (SSSR count). The van der Waals surface area contributed by atoms with Gasteiger partial charge in [0.1, 0.15) is 0 Å². The second-order valence-corrected chi connectivity index (χ2v) is 9.94. The molecule has 2 aromatic rings. The Balaban J connectivity index is 1.61. The topological polar surface area (TPSA) is 93.5 Å². The standard InChI is InChI=1S/C19H26N4O4S2/c1-3-9-22-10-8-20-19(22)28-15(2)18(24)21-16-4-6-17(7-5-16)29(25,26)23-11-13-27-14-12-23/h4-8,10,15H,3,9,11-14H2,1-2H3,(H,21,24). The summed E-state index contributed by atoms with van der Waals surface area (Å²) in [5, 5.41) is 3.30. The predicted molar refractivity (Wildman–Crippen MR) is 112 cm³/mol. The van der Waals surface area contributed by atoms with Gasteiger partial charge in [0, 0.05) is 37.7 Å². The number of nitrogens with one attached hydrogen (secondary N) is 1. The van der Waals surface area contributed by atoms with Gasteiger partial charge in [-0.15, -0.1) is 0 Å².